The molecule has 0 aromatic rings. The molecule has 0 N–H and O–H groups in total. The number of nitrogens with zero attached hydrogens (tertiary/aromatic N) is 1. The zero-order chi connectivity index (χ0) is 10.6. The van der Waals surface area contributed by atoms with Crippen molar-refractivity contribution >= 4 is 0 Å². The molecule has 0 aromatic carbocycles. The highest BCUT2D eigenvalue weighted by Gasteiger charge is 2.15. The van der Waals surface area contributed by atoms with Crippen LogP contribution in [-0.4, -0.2) is 30.3 Å². The molecule has 2 nitrogen and oxygen atoms in total. The smallest absolute Gasteiger partial charge is 0.1000 e. The van der Waals surface area contributed by atoms with Gasteiger partial charge in [-0.25, -0.2) is 0 Å². The van der Waals surface area contributed by atoms with Crippen LogP contribution in [0.25, 0.3) is 0 Å². The second-order valence-electron chi connectivity index (χ2n) is 4.94. The third kappa shape index (κ3) is 4.25. The Bertz CT molecular complexity index is 203. The first-order chi connectivity index (χ1) is 6.51. The van der Waals surface area contributed by atoms with E-state index in [4.69, 9.17) is 4.74 Å². The molecule has 0 radical (unpaired) electrons. The van der Waals surface area contributed by atoms with E-state index in [0.29, 0.717) is 0 Å². The lowest BCUT2D eigenvalue weighted by molar-refractivity contribution is -0.0616. The average molecular weight is 197 g/mol. The van der Waals surface area contributed by atoms with Crippen LogP contribution in [-0.2, 0) is 4.74 Å². The van der Waals surface area contributed by atoms with Gasteiger partial charge in [-0.15, -0.1) is 0 Å². The number of ether oxygens (including phenoxy) is 1. The predicted molar refractivity (Wildman–Crippen MR) is 60.3 cm³/mol. The van der Waals surface area contributed by atoms with Crippen molar-refractivity contribution in [3.63, 3.8) is 0 Å². The Hall–Kier alpha value is -0.340. The summed E-state index contributed by atoms with van der Waals surface area (Å²) >= 11 is 0. The van der Waals surface area contributed by atoms with Gasteiger partial charge in [-0.05, 0) is 33.6 Å². The summed E-state index contributed by atoms with van der Waals surface area (Å²) in [7, 11) is 0. The molecule has 0 atom stereocenters. The average Bonchev–Trinajstić information content (AvgIpc) is 2.14. The second kappa shape index (κ2) is 4.94. The first kappa shape index (κ1) is 11.7. The molecule has 14 heavy (non-hydrogen) atoms. The molecule has 0 aliphatic carbocycles. The summed E-state index contributed by atoms with van der Waals surface area (Å²) in [5.74, 6) is 0. The normalized spacial score (nSPS) is 19.6. The lowest BCUT2D eigenvalue weighted by Crippen LogP contribution is -2.35. The van der Waals surface area contributed by atoms with E-state index >= 15 is 0 Å². The Morgan fingerprint density at radius 3 is 2.71 bits per heavy atom. The molecule has 0 bridgehead atoms. The molecule has 1 aliphatic rings. The van der Waals surface area contributed by atoms with Gasteiger partial charge in [0, 0.05) is 13.1 Å². The molecule has 0 spiro atoms. The minimum absolute atomic E-state index is 0.0203. The van der Waals surface area contributed by atoms with Crippen LogP contribution < -0.4 is 0 Å². The molecule has 0 saturated carbocycles. The van der Waals surface area contributed by atoms with Crippen LogP contribution in [0.2, 0.25) is 0 Å². The Morgan fingerprint density at radius 1 is 1.43 bits per heavy atom. The van der Waals surface area contributed by atoms with Crippen molar-refractivity contribution in [2.24, 2.45) is 0 Å². The highest BCUT2D eigenvalue weighted by Crippen LogP contribution is 2.14. The van der Waals surface area contributed by atoms with Crippen molar-refractivity contribution < 1.29 is 4.74 Å². The third-order valence-electron chi connectivity index (χ3n) is 2.44. The monoisotopic (exact) mass is 197 g/mol. The van der Waals surface area contributed by atoms with Gasteiger partial charge in [0.2, 0.25) is 0 Å². The molecular weight excluding hydrogens is 174 g/mol. The summed E-state index contributed by atoms with van der Waals surface area (Å²) < 4.78 is 5.76. The number of hydrogen-bond acceptors (Lipinski definition) is 2. The first-order valence-corrected chi connectivity index (χ1v) is 5.55. The van der Waals surface area contributed by atoms with Crippen LogP contribution in [0.3, 0.4) is 0 Å². The molecule has 2 heteroatoms. The van der Waals surface area contributed by atoms with Gasteiger partial charge in [0.25, 0.3) is 0 Å². The fourth-order valence-electron chi connectivity index (χ4n) is 1.53. The topological polar surface area (TPSA) is 12.5 Å². The highest BCUT2D eigenvalue weighted by molar-refractivity contribution is 5.06. The van der Waals surface area contributed by atoms with E-state index in [9.17, 15) is 0 Å². The fraction of sp³-hybridized carbons (Fsp3) is 0.833. The third-order valence-corrected chi connectivity index (χ3v) is 2.44. The van der Waals surface area contributed by atoms with Crippen LogP contribution >= 0.6 is 0 Å². The second-order valence-corrected chi connectivity index (χ2v) is 4.94. The van der Waals surface area contributed by atoms with Crippen LogP contribution in [0.15, 0.2) is 11.6 Å². The van der Waals surface area contributed by atoms with Crippen LogP contribution in [0.1, 0.15) is 40.5 Å². The standard InChI is InChI=1S/C12H23NO/c1-5-11-7-6-8-13(9-11)10-14-12(2,3)4/h7H,5-6,8-10H2,1-4H3. The Labute approximate surface area is 87.9 Å². The first-order valence-electron chi connectivity index (χ1n) is 5.55. The molecule has 1 rings (SSSR count). The van der Waals surface area contributed by atoms with E-state index in [1.807, 2.05) is 0 Å². The van der Waals surface area contributed by atoms with Gasteiger partial charge in [0.1, 0.15) is 0 Å². The van der Waals surface area contributed by atoms with Crippen molar-refractivity contribution in [1.82, 2.24) is 4.90 Å². The van der Waals surface area contributed by atoms with E-state index < -0.39 is 0 Å². The number of rotatable bonds is 3. The maximum Gasteiger partial charge on any atom is 0.1000 e. The van der Waals surface area contributed by atoms with Crippen molar-refractivity contribution in [3.8, 4) is 0 Å². The summed E-state index contributed by atoms with van der Waals surface area (Å²) in [6.45, 7) is 11.5. The van der Waals surface area contributed by atoms with Crippen molar-refractivity contribution in [2.45, 2.75) is 46.1 Å². The molecule has 0 aromatic heterocycles. The Balaban J connectivity index is 2.30. The Morgan fingerprint density at radius 2 is 2.14 bits per heavy atom. The molecule has 0 amide bonds. The molecule has 1 aliphatic heterocycles. The van der Waals surface area contributed by atoms with Crippen molar-refractivity contribution in [2.75, 3.05) is 19.8 Å². The van der Waals surface area contributed by atoms with Gasteiger partial charge in [0.05, 0.1) is 12.3 Å². The van der Waals surface area contributed by atoms with Gasteiger partial charge in [-0.1, -0.05) is 18.6 Å². The van der Waals surface area contributed by atoms with E-state index in [-0.39, 0.29) is 5.60 Å². The zero-order valence-corrected chi connectivity index (χ0v) is 9.97. The van der Waals surface area contributed by atoms with Crippen molar-refractivity contribution in [3.05, 3.63) is 11.6 Å². The molecular formula is C12H23NO. The molecule has 0 unspecified atom stereocenters. The van der Waals surface area contributed by atoms with Gasteiger partial charge in [-0.2, -0.15) is 0 Å². The minimum Gasteiger partial charge on any atom is -0.360 e. The zero-order valence-electron chi connectivity index (χ0n) is 9.97. The lowest BCUT2D eigenvalue weighted by Gasteiger charge is -2.30. The van der Waals surface area contributed by atoms with Gasteiger partial charge >= 0.3 is 0 Å². The molecule has 0 saturated heterocycles. The fourth-order valence-corrected chi connectivity index (χ4v) is 1.53. The van der Waals surface area contributed by atoms with Gasteiger partial charge < -0.3 is 4.74 Å². The summed E-state index contributed by atoms with van der Waals surface area (Å²) in [4.78, 5) is 2.38. The van der Waals surface area contributed by atoms with Crippen molar-refractivity contribution in [1.29, 1.82) is 0 Å². The number of hydrogen-bond donors (Lipinski definition) is 0. The van der Waals surface area contributed by atoms with Crippen LogP contribution in [0, 0.1) is 0 Å². The van der Waals surface area contributed by atoms with Crippen LogP contribution in [0.5, 0.6) is 0 Å². The van der Waals surface area contributed by atoms with E-state index in [2.05, 4.69) is 38.7 Å². The lowest BCUT2D eigenvalue weighted by atomic mass is 10.1. The Kier molecular flexibility index (Phi) is 4.14. The van der Waals surface area contributed by atoms with E-state index in [1.54, 1.807) is 5.57 Å². The molecule has 0 fully saturated rings. The minimum atomic E-state index is -0.0203. The summed E-state index contributed by atoms with van der Waals surface area (Å²) in [6.07, 6.45) is 4.72. The maximum absolute atomic E-state index is 5.76. The molecule has 82 valence electrons. The van der Waals surface area contributed by atoms with Gasteiger partial charge in [-0.3, -0.25) is 4.90 Å². The summed E-state index contributed by atoms with van der Waals surface area (Å²) in [6, 6.07) is 0. The van der Waals surface area contributed by atoms with E-state index in [0.717, 1.165) is 19.8 Å². The SMILES string of the molecule is CCC1=CCCN(COC(C)(C)C)C1. The summed E-state index contributed by atoms with van der Waals surface area (Å²) in [5, 5.41) is 0. The quantitative estimate of drug-likeness (QED) is 0.645. The maximum atomic E-state index is 5.76. The highest BCUT2D eigenvalue weighted by atomic mass is 16.5. The largest absolute Gasteiger partial charge is 0.360 e. The molecule has 1 heterocycles. The van der Waals surface area contributed by atoms with Gasteiger partial charge in [0.15, 0.2) is 0 Å². The van der Waals surface area contributed by atoms with Crippen LogP contribution in [0.4, 0.5) is 0 Å². The predicted octanol–water partition coefficient (Wildman–Crippen LogP) is 2.80. The summed E-state index contributed by atoms with van der Waals surface area (Å²) in [5.41, 5.74) is 1.53. The van der Waals surface area contributed by atoms with E-state index in [1.165, 1.54) is 12.8 Å².